The van der Waals surface area contributed by atoms with Gasteiger partial charge in [-0.25, -0.2) is 4.79 Å². The molecule has 1 atom stereocenters. The SMILES string of the molecule is CC(C)C(=O)Nc1ccc(C2c3[nH]c4ccc(Cl)cc4c3CCN2C(=O)Oc2ccc(N)cc2)cc1. The summed E-state index contributed by atoms with van der Waals surface area (Å²) in [6.07, 6.45) is 0.204. The number of nitrogens with two attached hydrogens (primary N) is 1. The highest BCUT2D eigenvalue weighted by atomic mass is 35.5. The number of nitrogens with zero attached hydrogens (tertiary/aromatic N) is 1. The fraction of sp³-hybridized carbons (Fsp3) is 0.214. The van der Waals surface area contributed by atoms with Gasteiger partial charge < -0.3 is 20.8 Å². The smallest absolute Gasteiger partial charge is 0.410 e. The number of hydrogen-bond donors (Lipinski definition) is 3. The number of H-pyrrole nitrogens is 1. The van der Waals surface area contributed by atoms with E-state index in [9.17, 15) is 9.59 Å². The Balaban J connectivity index is 1.52. The maximum absolute atomic E-state index is 13.4. The van der Waals surface area contributed by atoms with E-state index < -0.39 is 12.1 Å². The average Bonchev–Trinajstić information content (AvgIpc) is 3.23. The van der Waals surface area contributed by atoms with Gasteiger partial charge in [-0.15, -0.1) is 0 Å². The Hall–Kier alpha value is -3.97. The minimum atomic E-state index is -0.454. The molecule has 4 N–H and O–H groups in total. The van der Waals surface area contributed by atoms with Gasteiger partial charge in [-0.3, -0.25) is 9.69 Å². The largest absolute Gasteiger partial charge is 0.416 e. The summed E-state index contributed by atoms with van der Waals surface area (Å²) >= 11 is 6.29. The van der Waals surface area contributed by atoms with E-state index in [0.717, 1.165) is 27.7 Å². The molecular formula is C28H27ClN4O3. The second-order valence-corrected chi connectivity index (χ2v) is 9.69. The molecule has 1 aromatic heterocycles. The minimum absolute atomic E-state index is 0.0519. The predicted octanol–water partition coefficient (Wildman–Crippen LogP) is 6.14. The van der Waals surface area contributed by atoms with Gasteiger partial charge in [0.2, 0.25) is 5.91 Å². The number of amides is 2. The molecule has 0 bridgehead atoms. The van der Waals surface area contributed by atoms with Crippen LogP contribution < -0.4 is 15.8 Å². The number of aromatic nitrogens is 1. The number of halogens is 1. The molecule has 1 aliphatic heterocycles. The van der Waals surface area contributed by atoms with Gasteiger partial charge in [0.25, 0.3) is 0 Å². The lowest BCUT2D eigenvalue weighted by atomic mass is 9.92. The van der Waals surface area contributed by atoms with Crippen molar-refractivity contribution in [1.29, 1.82) is 0 Å². The molecule has 2 heterocycles. The Kier molecular flexibility index (Phi) is 6.33. The van der Waals surface area contributed by atoms with E-state index in [1.807, 2.05) is 56.3 Å². The number of carbonyl (C=O) groups is 2. The standard InChI is InChI=1S/C28H27ClN4O3/c1-16(2)27(34)31-20-8-3-17(4-9-20)26-25-22(23-15-18(29)5-12-24(23)32-25)13-14-33(26)28(35)36-21-10-6-19(30)7-11-21/h3-12,15-16,26,32H,13-14,30H2,1-2H3,(H,31,34). The van der Waals surface area contributed by atoms with Gasteiger partial charge in [0.15, 0.2) is 0 Å². The zero-order valence-electron chi connectivity index (χ0n) is 20.0. The molecule has 0 saturated carbocycles. The van der Waals surface area contributed by atoms with Gasteiger partial charge in [0.1, 0.15) is 11.8 Å². The summed E-state index contributed by atoms with van der Waals surface area (Å²) in [4.78, 5) is 30.7. The van der Waals surface area contributed by atoms with E-state index in [2.05, 4.69) is 10.3 Å². The van der Waals surface area contributed by atoms with Crippen molar-refractivity contribution >= 4 is 45.9 Å². The van der Waals surface area contributed by atoms with Gasteiger partial charge in [0.05, 0.1) is 0 Å². The van der Waals surface area contributed by atoms with E-state index in [-0.39, 0.29) is 11.8 Å². The molecule has 36 heavy (non-hydrogen) atoms. The molecule has 2 amide bonds. The number of aromatic amines is 1. The summed E-state index contributed by atoms with van der Waals surface area (Å²) in [5.74, 6) is 0.250. The number of anilines is 2. The number of ether oxygens (including phenoxy) is 1. The van der Waals surface area contributed by atoms with Crippen molar-refractivity contribution in [1.82, 2.24) is 9.88 Å². The number of carbonyl (C=O) groups excluding carboxylic acids is 2. The van der Waals surface area contributed by atoms with Crippen LogP contribution in [0.4, 0.5) is 16.2 Å². The van der Waals surface area contributed by atoms with Crippen LogP contribution in [0.5, 0.6) is 5.75 Å². The van der Waals surface area contributed by atoms with Gasteiger partial charge in [0, 0.05) is 45.5 Å². The molecule has 0 saturated heterocycles. The van der Waals surface area contributed by atoms with E-state index in [1.54, 1.807) is 29.2 Å². The van der Waals surface area contributed by atoms with Crippen molar-refractivity contribution < 1.29 is 14.3 Å². The summed E-state index contributed by atoms with van der Waals surface area (Å²) in [5.41, 5.74) is 11.0. The van der Waals surface area contributed by atoms with Crippen LogP contribution in [-0.2, 0) is 11.2 Å². The highest BCUT2D eigenvalue weighted by Crippen LogP contribution is 2.39. The lowest BCUT2D eigenvalue weighted by Crippen LogP contribution is -2.42. The first-order valence-electron chi connectivity index (χ1n) is 11.8. The van der Waals surface area contributed by atoms with Crippen LogP contribution in [0.2, 0.25) is 5.02 Å². The van der Waals surface area contributed by atoms with Crippen molar-refractivity contribution in [3.05, 3.63) is 88.6 Å². The quantitative estimate of drug-likeness (QED) is 0.291. The van der Waals surface area contributed by atoms with E-state index in [0.29, 0.717) is 35.1 Å². The number of benzene rings is 3. The van der Waals surface area contributed by atoms with Crippen LogP contribution in [-0.4, -0.2) is 28.4 Å². The number of fused-ring (bicyclic) bond motifs is 3. The van der Waals surface area contributed by atoms with Crippen LogP contribution in [0.15, 0.2) is 66.7 Å². The molecule has 0 fully saturated rings. The van der Waals surface area contributed by atoms with Crippen LogP contribution in [0.25, 0.3) is 10.9 Å². The first kappa shape index (κ1) is 23.8. The Morgan fingerprint density at radius 3 is 2.50 bits per heavy atom. The van der Waals surface area contributed by atoms with E-state index in [1.165, 1.54) is 0 Å². The Morgan fingerprint density at radius 1 is 1.08 bits per heavy atom. The normalized spacial score (nSPS) is 15.1. The Bertz CT molecular complexity index is 1430. The number of hydrogen-bond acceptors (Lipinski definition) is 4. The monoisotopic (exact) mass is 502 g/mol. The number of rotatable bonds is 4. The summed E-state index contributed by atoms with van der Waals surface area (Å²) in [6, 6.07) is 19.7. The molecule has 4 aromatic rings. The van der Waals surface area contributed by atoms with Crippen molar-refractivity contribution in [2.75, 3.05) is 17.6 Å². The third kappa shape index (κ3) is 4.62. The van der Waals surface area contributed by atoms with Gasteiger partial charge >= 0.3 is 6.09 Å². The van der Waals surface area contributed by atoms with Crippen molar-refractivity contribution in [3.63, 3.8) is 0 Å². The number of nitrogens with one attached hydrogen (secondary N) is 2. The molecule has 1 aliphatic rings. The Morgan fingerprint density at radius 2 is 1.81 bits per heavy atom. The molecule has 1 unspecified atom stereocenters. The van der Waals surface area contributed by atoms with Gasteiger partial charge in [-0.1, -0.05) is 37.6 Å². The molecule has 5 rings (SSSR count). The van der Waals surface area contributed by atoms with Crippen molar-refractivity contribution in [2.24, 2.45) is 5.92 Å². The Labute approximate surface area is 214 Å². The topological polar surface area (TPSA) is 100 Å². The second kappa shape index (κ2) is 9.59. The minimum Gasteiger partial charge on any atom is -0.410 e. The maximum atomic E-state index is 13.4. The van der Waals surface area contributed by atoms with Crippen LogP contribution in [0.3, 0.4) is 0 Å². The maximum Gasteiger partial charge on any atom is 0.416 e. The predicted molar refractivity (Wildman–Crippen MR) is 142 cm³/mol. The molecule has 7 nitrogen and oxygen atoms in total. The molecule has 0 spiro atoms. The first-order chi connectivity index (χ1) is 17.3. The molecule has 0 aliphatic carbocycles. The highest BCUT2D eigenvalue weighted by molar-refractivity contribution is 6.31. The van der Waals surface area contributed by atoms with E-state index in [4.69, 9.17) is 22.1 Å². The van der Waals surface area contributed by atoms with Crippen LogP contribution >= 0.6 is 11.6 Å². The molecule has 8 heteroatoms. The van der Waals surface area contributed by atoms with Crippen LogP contribution in [0, 0.1) is 5.92 Å². The zero-order valence-corrected chi connectivity index (χ0v) is 20.8. The highest BCUT2D eigenvalue weighted by Gasteiger charge is 2.35. The van der Waals surface area contributed by atoms with Crippen molar-refractivity contribution in [3.8, 4) is 5.75 Å². The summed E-state index contributed by atoms with van der Waals surface area (Å²) in [5, 5.41) is 4.63. The molecule has 3 aromatic carbocycles. The summed E-state index contributed by atoms with van der Waals surface area (Å²) in [6.45, 7) is 4.16. The molecule has 184 valence electrons. The lowest BCUT2D eigenvalue weighted by Gasteiger charge is -2.35. The van der Waals surface area contributed by atoms with Gasteiger partial charge in [-0.2, -0.15) is 0 Å². The average molecular weight is 503 g/mol. The summed E-state index contributed by atoms with van der Waals surface area (Å²) in [7, 11) is 0. The van der Waals surface area contributed by atoms with E-state index >= 15 is 0 Å². The molecular weight excluding hydrogens is 476 g/mol. The fourth-order valence-corrected chi connectivity index (χ4v) is 4.71. The third-order valence-corrected chi connectivity index (χ3v) is 6.66. The fourth-order valence-electron chi connectivity index (χ4n) is 4.53. The second-order valence-electron chi connectivity index (χ2n) is 9.26. The zero-order chi connectivity index (χ0) is 25.4. The summed E-state index contributed by atoms with van der Waals surface area (Å²) < 4.78 is 5.71. The van der Waals surface area contributed by atoms with Crippen LogP contribution in [0.1, 0.15) is 36.7 Å². The first-order valence-corrected chi connectivity index (χ1v) is 12.2. The third-order valence-electron chi connectivity index (χ3n) is 6.43. The van der Waals surface area contributed by atoms with Gasteiger partial charge in [-0.05, 0) is 72.1 Å². The molecule has 0 radical (unpaired) electrons. The van der Waals surface area contributed by atoms with Crippen molar-refractivity contribution in [2.45, 2.75) is 26.3 Å². The lowest BCUT2D eigenvalue weighted by molar-refractivity contribution is -0.118. The number of nitrogen functional groups attached to an aromatic ring is 1.